The summed E-state index contributed by atoms with van der Waals surface area (Å²) >= 11 is 6.29. The van der Waals surface area contributed by atoms with E-state index in [1.54, 1.807) is 12.1 Å². The number of aliphatic carboxylic acids is 1. The van der Waals surface area contributed by atoms with Crippen molar-refractivity contribution in [2.24, 2.45) is 0 Å². The Labute approximate surface area is 164 Å². The predicted octanol–water partition coefficient (Wildman–Crippen LogP) is 3.37. The van der Waals surface area contributed by atoms with E-state index in [1.165, 1.54) is 23.5 Å². The van der Waals surface area contributed by atoms with Crippen LogP contribution in [0.4, 0.5) is 0 Å². The maximum Gasteiger partial charge on any atom is 0.303 e. The highest BCUT2D eigenvalue weighted by Crippen LogP contribution is 2.32. The normalized spacial score (nSPS) is 15.6. The fourth-order valence-corrected chi connectivity index (χ4v) is 3.88. The van der Waals surface area contributed by atoms with Gasteiger partial charge in [-0.1, -0.05) is 54.3 Å². The van der Waals surface area contributed by atoms with Gasteiger partial charge in [-0.2, -0.15) is 0 Å². The van der Waals surface area contributed by atoms with E-state index in [0.717, 1.165) is 17.3 Å². The minimum Gasteiger partial charge on any atom is -0.481 e. The summed E-state index contributed by atoms with van der Waals surface area (Å²) in [7, 11) is 0. The quantitative estimate of drug-likeness (QED) is 0.586. The highest BCUT2D eigenvalue weighted by atomic mass is 32.2. The molecule has 1 amide bonds. The topological polar surface area (TPSA) is 87.8 Å². The van der Waals surface area contributed by atoms with Crippen molar-refractivity contribution in [2.45, 2.75) is 12.8 Å². The van der Waals surface area contributed by atoms with Crippen LogP contribution in [-0.4, -0.2) is 32.7 Å². The van der Waals surface area contributed by atoms with E-state index in [4.69, 9.17) is 21.7 Å². The summed E-state index contributed by atoms with van der Waals surface area (Å²) in [6.07, 6.45) is 4.41. The summed E-state index contributed by atoms with van der Waals surface area (Å²) in [5.41, 5.74) is 1.13. The fraction of sp³-hybridized carbons (Fsp3) is 0.158. The van der Waals surface area contributed by atoms with Crippen molar-refractivity contribution < 1.29 is 19.1 Å². The van der Waals surface area contributed by atoms with Crippen molar-refractivity contribution >= 4 is 46.3 Å². The Hall–Kier alpha value is -2.71. The van der Waals surface area contributed by atoms with Crippen LogP contribution < -0.4 is 5.43 Å². The molecule has 1 N–H and O–H groups in total. The van der Waals surface area contributed by atoms with Gasteiger partial charge < -0.3 is 9.52 Å². The highest BCUT2D eigenvalue weighted by molar-refractivity contribution is 8.26. The van der Waals surface area contributed by atoms with E-state index >= 15 is 0 Å². The van der Waals surface area contributed by atoms with Crippen LogP contribution in [0.1, 0.15) is 18.4 Å². The van der Waals surface area contributed by atoms with Gasteiger partial charge in [0, 0.05) is 13.0 Å². The summed E-state index contributed by atoms with van der Waals surface area (Å²) in [5.74, 6) is -1.26. The van der Waals surface area contributed by atoms with Gasteiger partial charge in [-0.25, -0.2) is 0 Å². The SMILES string of the molecule is O=C(O)CCCN1C(=O)C(=Cc2cocc(-c3ccccc3)c2=O)SC1=S. The van der Waals surface area contributed by atoms with E-state index in [0.29, 0.717) is 21.2 Å². The van der Waals surface area contributed by atoms with E-state index in [2.05, 4.69) is 0 Å². The lowest BCUT2D eigenvalue weighted by Crippen LogP contribution is -2.29. The van der Waals surface area contributed by atoms with Gasteiger partial charge in [-0.05, 0) is 18.1 Å². The molecule has 1 aromatic carbocycles. The Morgan fingerprint density at radius 1 is 1.22 bits per heavy atom. The predicted molar refractivity (Wildman–Crippen MR) is 107 cm³/mol. The number of rotatable bonds is 6. The molecule has 8 heteroatoms. The molecule has 0 atom stereocenters. The monoisotopic (exact) mass is 401 g/mol. The first-order valence-corrected chi connectivity index (χ1v) is 9.33. The summed E-state index contributed by atoms with van der Waals surface area (Å²) in [6.45, 7) is 0.229. The van der Waals surface area contributed by atoms with Crippen LogP contribution in [0.5, 0.6) is 0 Å². The van der Waals surface area contributed by atoms with Crippen LogP contribution in [-0.2, 0) is 9.59 Å². The van der Waals surface area contributed by atoms with Gasteiger partial charge in [0.1, 0.15) is 16.8 Å². The molecule has 6 nitrogen and oxygen atoms in total. The van der Waals surface area contributed by atoms with Crippen molar-refractivity contribution in [1.29, 1.82) is 0 Å². The van der Waals surface area contributed by atoms with Crippen LogP contribution >= 0.6 is 24.0 Å². The van der Waals surface area contributed by atoms with E-state index in [1.807, 2.05) is 18.2 Å². The number of hydrogen-bond acceptors (Lipinski definition) is 6. The molecule has 0 spiro atoms. The second kappa shape index (κ2) is 8.32. The lowest BCUT2D eigenvalue weighted by Gasteiger charge is -2.13. The van der Waals surface area contributed by atoms with Crippen LogP contribution in [0, 0.1) is 0 Å². The molecule has 0 aliphatic carbocycles. The molecule has 3 rings (SSSR count). The largest absolute Gasteiger partial charge is 0.481 e. The number of carboxylic acid groups (broad SMARTS) is 1. The molecule has 1 saturated heterocycles. The maximum absolute atomic E-state index is 12.7. The first kappa shape index (κ1) is 19.1. The van der Waals surface area contributed by atoms with Crippen LogP contribution in [0.3, 0.4) is 0 Å². The third-order valence-electron chi connectivity index (χ3n) is 3.91. The molecule has 27 heavy (non-hydrogen) atoms. The number of carbonyl (C=O) groups excluding carboxylic acids is 1. The Kier molecular flexibility index (Phi) is 5.88. The first-order valence-electron chi connectivity index (χ1n) is 8.10. The number of benzene rings is 1. The Balaban J connectivity index is 1.85. The molecule has 1 aromatic heterocycles. The molecule has 1 fully saturated rings. The fourth-order valence-electron chi connectivity index (χ4n) is 2.58. The number of hydrogen-bond donors (Lipinski definition) is 1. The molecular weight excluding hydrogens is 386 g/mol. The minimum absolute atomic E-state index is 0.0428. The second-order valence-electron chi connectivity index (χ2n) is 5.77. The molecule has 138 valence electrons. The number of amides is 1. The summed E-state index contributed by atoms with van der Waals surface area (Å²) in [6, 6.07) is 9.11. The third kappa shape index (κ3) is 4.35. The highest BCUT2D eigenvalue weighted by Gasteiger charge is 2.32. The number of thioether (sulfide) groups is 1. The minimum atomic E-state index is -0.925. The maximum atomic E-state index is 12.7. The second-order valence-corrected chi connectivity index (χ2v) is 7.44. The summed E-state index contributed by atoms with van der Waals surface area (Å²) < 4.78 is 5.64. The van der Waals surface area contributed by atoms with Gasteiger partial charge in [-0.3, -0.25) is 19.3 Å². The Morgan fingerprint density at radius 3 is 2.67 bits per heavy atom. The molecule has 0 bridgehead atoms. The van der Waals surface area contributed by atoms with Gasteiger partial charge in [0.2, 0.25) is 0 Å². The van der Waals surface area contributed by atoms with Crippen molar-refractivity contribution in [1.82, 2.24) is 4.90 Å². The average molecular weight is 401 g/mol. The number of thiocarbonyl (C=S) groups is 1. The van der Waals surface area contributed by atoms with Crippen molar-refractivity contribution in [3.05, 3.63) is 63.6 Å². The van der Waals surface area contributed by atoms with Gasteiger partial charge in [-0.15, -0.1) is 0 Å². The van der Waals surface area contributed by atoms with E-state index in [9.17, 15) is 14.4 Å². The molecule has 2 heterocycles. The van der Waals surface area contributed by atoms with Crippen LogP contribution in [0.2, 0.25) is 0 Å². The standard InChI is InChI=1S/C19H15NO5S2/c21-16(22)7-4-8-20-18(24)15(27-19(20)26)9-13-10-25-11-14(17(13)23)12-5-2-1-3-6-12/h1-3,5-6,9-11H,4,7-8H2,(H,21,22). The lowest BCUT2D eigenvalue weighted by atomic mass is 10.1. The van der Waals surface area contributed by atoms with E-state index in [-0.39, 0.29) is 29.9 Å². The van der Waals surface area contributed by atoms with E-state index < -0.39 is 5.97 Å². The third-order valence-corrected chi connectivity index (χ3v) is 5.28. The van der Waals surface area contributed by atoms with Crippen LogP contribution in [0.15, 0.2) is 57.0 Å². The smallest absolute Gasteiger partial charge is 0.303 e. The zero-order valence-electron chi connectivity index (χ0n) is 14.1. The number of nitrogens with zero attached hydrogens (tertiary/aromatic N) is 1. The summed E-state index contributed by atoms with van der Waals surface area (Å²) in [5, 5.41) is 8.72. The van der Waals surface area contributed by atoms with Crippen molar-refractivity contribution in [3.8, 4) is 11.1 Å². The average Bonchev–Trinajstić information content (AvgIpc) is 2.91. The summed E-state index contributed by atoms with van der Waals surface area (Å²) in [4.78, 5) is 37.6. The molecule has 1 aliphatic heterocycles. The number of carbonyl (C=O) groups is 2. The Morgan fingerprint density at radius 2 is 1.96 bits per heavy atom. The number of carboxylic acids is 1. The van der Waals surface area contributed by atoms with Gasteiger partial charge in [0.25, 0.3) is 5.91 Å². The van der Waals surface area contributed by atoms with Crippen molar-refractivity contribution in [2.75, 3.05) is 6.54 Å². The van der Waals surface area contributed by atoms with Gasteiger partial charge in [0.05, 0.1) is 16.0 Å². The molecular formula is C19H15NO5S2. The Bertz CT molecular complexity index is 981. The molecule has 0 saturated carbocycles. The van der Waals surface area contributed by atoms with Gasteiger partial charge >= 0.3 is 5.97 Å². The first-order chi connectivity index (χ1) is 13.0. The molecule has 1 aliphatic rings. The zero-order chi connectivity index (χ0) is 19.4. The van der Waals surface area contributed by atoms with Crippen molar-refractivity contribution in [3.63, 3.8) is 0 Å². The van der Waals surface area contributed by atoms with Gasteiger partial charge in [0.15, 0.2) is 5.43 Å². The zero-order valence-corrected chi connectivity index (χ0v) is 15.7. The molecule has 0 unspecified atom stereocenters. The van der Waals surface area contributed by atoms with Crippen LogP contribution in [0.25, 0.3) is 17.2 Å². The molecule has 2 aromatic rings. The molecule has 0 radical (unpaired) electrons. The lowest BCUT2D eigenvalue weighted by molar-refractivity contribution is -0.137.